The number of nitrogens with two attached hydrogens (primary N) is 1. The number of aryl methyl sites for hydroxylation is 2. The van der Waals surface area contributed by atoms with Crippen LogP contribution < -0.4 is 10.5 Å². The van der Waals surface area contributed by atoms with E-state index in [-0.39, 0.29) is 27.0 Å². The van der Waals surface area contributed by atoms with E-state index in [1.807, 2.05) is 6.07 Å². The maximum absolute atomic E-state index is 12.4. The zero-order chi connectivity index (χ0) is 15.8. The van der Waals surface area contributed by atoms with Crippen molar-refractivity contribution in [2.45, 2.75) is 11.8 Å². The number of nitrogen functional groups attached to an aromatic ring is 1. The summed E-state index contributed by atoms with van der Waals surface area (Å²) in [7, 11) is -2.36. The molecule has 0 radical (unpaired) electrons. The quantitative estimate of drug-likeness (QED) is 0.890. The highest BCUT2D eigenvalue weighted by Gasteiger charge is 2.22. The lowest BCUT2D eigenvalue weighted by molar-refractivity contribution is 0.600. The van der Waals surface area contributed by atoms with Gasteiger partial charge in [-0.3, -0.25) is 4.72 Å². The molecular formula is C12H12ClN5O2S. The molecule has 0 fully saturated rings. The number of hydrogen-bond acceptors (Lipinski definition) is 5. The number of hydrogen-bond donors (Lipinski definition) is 2. The average Bonchev–Trinajstić information content (AvgIpc) is 2.64. The van der Waals surface area contributed by atoms with Crippen LogP contribution in [0.2, 0.25) is 5.02 Å². The third kappa shape index (κ3) is 2.79. The number of anilines is 2. The van der Waals surface area contributed by atoms with Gasteiger partial charge in [-0.25, -0.2) is 13.1 Å². The predicted molar refractivity (Wildman–Crippen MR) is 79.3 cm³/mol. The van der Waals surface area contributed by atoms with Gasteiger partial charge in [0, 0.05) is 7.05 Å². The molecule has 2 rings (SSSR count). The minimum Gasteiger partial charge on any atom is -0.394 e. The zero-order valence-corrected chi connectivity index (χ0v) is 12.8. The molecule has 0 spiro atoms. The molecule has 0 aliphatic heterocycles. The molecule has 1 aromatic carbocycles. The van der Waals surface area contributed by atoms with Crippen molar-refractivity contribution in [2.24, 2.45) is 7.05 Å². The molecule has 3 N–H and O–H groups in total. The molecule has 0 bridgehead atoms. The predicted octanol–water partition coefficient (Wildman–Crippen LogP) is 1.64. The highest BCUT2D eigenvalue weighted by Crippen LogP contribution is 2.28. The monoisotopic (exact) mass is 325 g/mol. The second kappa shape index (κ2) is 5.27. The van der Waals surface area contributed by atoms with Crippen LogP contribution in [0, 0.1) is 18.3 Å². The van der Waals surface area contributed by atoms with Gasteiger partial charge in [0.2, 0.25) is 0 Å². The third-order valence-corrected chi connectivity index (χ3v) is 4.67. The first-order valence-corrected chi connectivity index (χ1v) is 7.64. The van der Waals surface area contributed by atoms with E-state index in [2.05, 4.69) is 9.82 Å². The summed E-state index contributed by atoms with van der Waals surface area (Å²) in [6, 6.07) is 5.81. The van der Waals surface area contributed by atoms with Crippen LogP contribution in [0.15, 0.2) is 23.1 Å². The lowest BCUT2D eigenvalue weighted by Crippen LogP contribution is -2.16. The fraction of sp³-hybridized carbons (Fsp3) is 0.167. The number of nitriles is 1. The minimum atomic E-state index is -3.93. The van der Waals surface area contributed by atoms with Crippen LogP contribution in [0.5, 0.6) is 0 Å². The molecule has 2 aromatic rings. The fourth-order valence-electron chi connectivity index (χ4n) is 1.77. The summed E-state index contributed by atoms with van der Waals surface area (Å²) in [6.07, 6.45) is 0. The van der Waals surface area contributed by atoms with Crippen LogP contribution in [0.4, 0.5) is 11.5 Å². The lowest BCUT2D eigenvalue weighted by atomic mass is 10.2. The highest BCUT2D eigenvalue weighted by molar-refractivity contribution is 7.92. The van der Waals surface area contributed by atoms with Crippen molar-refractivity contribution >= 4 is 33.1 Å². The fourth-order valence-corrected chi connectivity index (χ4v) is 3.42. The van der Waals surface area contributed by atoms with Crippen molar-refractivity contribution in [1.82, 2.24) is 9.78 Å². The van der Waals surface area contributed by atoms with E-state index < -0.39 is 10.0 Å². The molecule has 0 saturated heterocycles. The largest absolute Gasteiger partial charge is 0.394 e. The summed E-state index contributed by atoms with van der Waals surface area (Å²) in [5.74, 6) is 0.160. The number of rotatable bonds is 3. The molecule has 0 amide bonds. The summed E-state index contributed by atoms with van der Waals surface area (Å²) in [5.41, 5.74) is 6.82. The van der Waals surface area contributed by atoms with Gasteiger partial charge in [0.15, 0.2) is 5.82 Å². The van der Waals surface area contributed by atoms with Gasteiger partial charge in [0.25, 0.3) is 10.0 Å². The van der Waals surface area contributed by atoms with Gasteiger partial charge < -0.3 is 5.73 Å². The highest BCUT2D eigenvalue weighted by atomic mass is 35.5. The van der Waals surface area contributed by atoms with Crippen molar-refractivity contribution in [3.05, 3.63) is 34.5 Å². The van der Waals surface area contributed by atoms with Gasteiger partial charge in [-0.1, -0.05) is 11.6 Å². The molecular weight excluding hydrogens is 314 g/mol. The van der Waals surface area contributed by atoms with Gasteiger partial charge in [-0.2, -0.15) is 10.4 Å². The van der Waals surface area contributed by atoms with E-state index in [1.165, 1.54) is 22.9 Å². The molecule has 0 atom stereocenters. The Kier molecular flexibility index (Phi) is 3.80. The molecule has 110 valence electrons. The molecule has 1 aromatic heterocycles. The van der Waals surface area contributed by atoms with Gasteiger partial charge in [-0.15, -0.1) is 0 Å². The molecule has 1 heterocycles. The smallest absolute Gasteiger partial charge is 0.264 e. The first kappa shape index (κ1) is 15.2. The molecule has 0 aliphatic carbocycles. The number of halogens is 1. The first-order valence-electron chi connectivity index (χ1n) is 5.78. The van der Waals surface area contributed by atoms with Crippen LogP contribution >= 0.6 is 11.6 Å². The zero-order valence-electron chi connectivity index (χ0n) is 11.3. The standard InChI is InChI=1S/C12H12ClN5O2S/c1-7-11(15)12(18(2)16-7)17-21(19,20)10-4-3-8(6-14)5-9(10)13/h3-5,17H,15H2,1-2H3. The summed E-state index contributed by atoms with van der Waals surface area (Å²) in [6.45, 7) is 1.67. The second-order valence-corrected chi connectivity index (χ2v) is 6.39. The first-order chi connectivity index (χ1) is 9.76. The van der Waals surface area contributed by atoms with Gasteiger partial charge in [0.05, 0.1) is 28.0 Å². The summed E-state index contributed by atoms with van der Waals surface area (Å²) < 4.78 is 28.4. The van der Waals surface area contributed by atoms with E-state index in [1.54, 1.807) is 14.0 Å². The van der Waals surface area contributed by atoms with E-state index >= 15 is 0 Å². The normalized spacial score (nSPS) is 11.1. The SMILES string of the molecule is Cc1nn(C)c(NS(=O)(=O)c2ccc(C#N)cc2Cl)c1N. The molecule has 0 unspecified atom stereocenters. The Labute approximate surface area is 127 Å². The Morgan fingerprint density at radius 1 is 1.48 bits per heavy atom. The topological polar surface area (TPSA) is 114 Å². The summed E-state index contributed by atoms with van der Waals surface area (Å²) in [4.78, 5) is -0.138. The van der Waals surface area contributed by atoms with E-state index in [4.69, 9.17) is 22.6 Å². The number of sulfonamides is 1. The average molecular weight is 326 g/mol. The van der Waals surface area contributed by atoms with Crippen molar-refractivity contribution in [1.29, 1.82) is 5.26 Å². The molecule has 0 aliphatic rings. The summed E-state index contributed by atoms with van der Waals surface area (Å²) >= 11 is 5.92. The number of benzene rings is 1. The number of aromatic nitrogens is 2. The van der Waals surface area contributed by atoms with Crippen LogP contribution in [0.1, 0.15) is 11.3 Å². The van der Waals surface area contributed by atoms with Crippen LogP contribution in [-0.2, 0) is 17.1 Å². The van der Waals surface area contributed by atoms with Crippen molar-refractivity contribution in [3.63, 3.8) is 0 Å². The third-order valence-electron chi connectivity index (χ3n) is 2.85. The number of nitrogens with zero attached hydrogens (tertiary/aromatic N) is 3. The Hall–Kier alpha value is -2.24. The maximum Gasteiger partial charge on any atom is 0.264 e. The van der Waals surface area contributed by atoms with Gasteiger partial charge in [0.1, 0.15) is 4.90 Å². The van der Waals surface area contributed by atoms with Crippen LogP contribution in [0.25, 0.3) is 0 Å². The van der Waals surface area contributed by atoms with Crippen molar-refractivity contribution in [2.75, 3.05) is 10.5 Å². The van der Waals surface area contributed by atoms with E-state index in [0.717, 1.165) is 0 Å². The molecule has 9 heteroatoms. The second-order valence-electron chi connectivity index (χ2n) is 4.33. The molecule has 21 heavy (non-hydrogen) atoms. The Morgan fingerprint density at radius 2 is 2.14 bits per heavy atom. The molecule has 7 nitrogen and oxygen atoms in total. The lowest BCUT2D eigenvalue weighted by Gasteiger charge is -2.10. The van der Waals surface area contributed by atoms with Crippen LogP contribution in [-0.4, -0.2) is 18.2 Å². The maximum atomic E-state index is 12.4. The Bertz CT molecular complexity index is 851. The number of nitrogens with one attached hydrogen (secondary N) is 1. The van der Waals surface area contributed by atoms with Crippen molar-refractivity contribution in [3.8, 4) is 6.07 Å². The van der Waals surface area contributed by atoms with Gasteiger partial charge >= 0.3 is 0 Å². The van der Waals surface area contributed by atoms with Crippen molar-refractivity contribution < 1.29 is 8.42 Å². The summed E-state index contributed by atoms with van der Waals surface area (Å²) in [5, 5.41) is 12.7. The van der Waals surface area contributed by atoms with Crippen LogP contribution in [0.3, 0.4) is 0 Å². The Morgan fingerprint density at radius 3 is 2.62 bits per heavy atom. The Balaban J connectivity index is 2.46. The van der Waals surface area contributed by atoms with E-state index in [0.29, 0.717) is 5.69 Å². The minimum absolute atomic E-state index is 0.0426. The molecule has 0 saturated carbocycles. The van der Waals surface area contributed by atoms with Gasteiger partial charge in [-0.05, 0) is 25.1 Å². The van der Waals surface area contributed by atoms with E-state index in [9.17, 15) is 8.42 Å².